The molecule has 1 heterocycles. The second-order valence-corrected chi connectivity index (χ2v) is 6.62. The van der Waals surface area contributed by atoms with Gasteiger partial charge in [-0.3, -0.25) is 9.59 Å². The van der Waals surface area contributed by atoms with Crippen LogP contribution < -0.4 is 5.73 Å². The molecule has 3 rings (SSSR count). The number of benzene rings is 2. The van der Waals surface area contributed by atoms with E-state index in [-0.39, 0.29) is 17.7 Å². The van der Waals surface area contributed by atoms with Crippen molar-refractivity contribution in [3.05, 3.63) is 69.2 Å². The third-order valence-corrected chi connectivity index (χ3v) is 4.83. The van der Waals surface area contributed by atoms with Crippen LogP contribution in [-0.4, -0.2) is 35.7 Å². The van der Waals surface area contributed by atoms with Crippen molar-refractivity contribution in [3.8, 4) is 0 Å². The molecule has 1 aliphatic heterocycles. The highest BCUT2D eigenvalue weighted by Gasteiger charge is 2.27. The molecule has 24 heavy (non-hydrogen) atoms. The van der Waals surface area contributed by atoms with Crippen molar-refractivity contribution >= 4 is 34.9 Å². The van der Waals surface area contributed by atoms with Gasteiger partial charge >= 0.3 is 0 Å². The Labute approximate surface area is 150 Å². The van der Waals surface area contributed by atoms with Crippen molar-refractivity contribution in [1.29, 1.82) is 0 Å². The van der Waals surface area contributed by atoms with E-state index in [1.54, 1.807) is 41.3 Å². The zero-order valence-corrected chi connectivity index (χ0v) is 14.3. The van der Waals surface area contributed by atoms with Crippen LogP contribution in [0.3, 0.4) is 0 Å². The highest BCUT2D eigenvalue weighted by atomic mass is 35.5. The minimum absolute atomic E-state index is 0.00751. The standard InChI is InChI=1S/C18H16Cl2N2O2/c19-15-6-5-11(9-16(15)20)17(23)13-3-1-2-4-14(13)18(24)22-8-7-12(21)10-22/h1-6,9,12H,7-8,10,21H2/t12-/m0/s1. The summed E-state index contributed by atoms with van der Waals surface area (Å²) in [6.07, 6.45) is 0.772. The summed E-state index contributed by atoms with van der Waals surface area (Å²) in [6, 6.07) is 11.5. The van der Waals surface area contributed by atoms with Gasteiger partial charge in [0, 0.05) is 30.3 Å². The monoisotopic (exact) mass is 362 g/mol. The van der Waals surface area contributed by atoms with Crippen LogP contribution in [0, 0.1) is 0 Å². The maximum Gasteiger partial charge on any atom is 0.254 e. The fraction of sp³-hybridized carbons (Fsp3) is 0.222. The van der Waals surface area contributed by atoms with E-state index in [2.05, 4.69) is 0 Å². The smallest absolute Gasteiger partial charge is 0.254 e. The zero-order chi connectivity index (χ0) is 17.3. The van der Waals surface area contributed by atoms with Crippen LogP contribution in [0.2, 0.25) is 10.0 Å². The molecule has 0 aromatic heterocycles. The van der Waals surface area contributed by atoms with Crippen molar-refractivity contribution in [2.75, 3.05) is 13.1 Å². The SMILES string of the molecule is N[C@H]1CCN(C(=O)c2ccccc2C(=O)c2ccc(Cl)c(Cl)c2)C1. The van der Waals surface area contributed by atoms with Crippen molar-refractivity contribution in [2.24, 2.45) is 5.73 Å². The maximum atomic E-state index is 12.8. The average molecular weight is 363 g/mol. The third-order valence-electron chi connectivity index (χ3n) is 4.10. The number of nitrogens with zero attached hydrogens (tertiary/aromatic N) is 1. The van der Waals surface area contributed by atoms with Crippen LogP contribution >= 0.6 is 23.2 Å². The molecule has 124 valence electrons. The molecule has 2 N–H and O–H groups in total. The van der Waals surface area contributed by atoms with Crippen LogP contribution in [0.5, 0.6) is 0 Å². The molecule has 4 nitrogen and oxygen atoms in total. The van der Waals surface area contributed by atoms with Gasteiger partial charge in [0.25, 0.3) is 5.91 Å². The number of halogens is 2. The Balaban J connectivity index is 1.95. The lowest BCUT2D eigenvalue weighted by Crippen LogP contribution is -2.32. The van der Waals surface area contributed by atoms with E-state index in [1.807, 2.05) is 0 Å². The normalized spacial score (nSPS) is 17.1. The lowest BCUT2D eigenvalue weighted by molar-refractivity contribution is 0.0786. The van der Waals surface area contributed by atoms with Gasteiger partial charge in [-0.1, -0.05) is 41.4 Å². The lowest BCUT2D eigenvalue weighted by Gasteiger charge is -2.17. The fourth-order valence-corrected chi connectivity index (χ4v) is 3.10. The number of hydrogen-bond acceptors (Lipinski definition) is 3. The molecule has 1 aliphatic rings. The first-order valence-electron chi connectivity index (χ1n) is 7.61. The molecule has 1 amide bonds. The Bertz CT molecular complexity index is 807. The van der Waals surface area contributed by atoms with Crippen LogP contribution in [0.15, 0.2) is 42.5 Å². The Morgan fingerprint density at radius 2 is 1.75 bits per heavy atom. The van der Waals surface area contributed by atoms with Gasteiger partial charge in [-0.15, -0.1) is 0 Å². The Morgan fingerprint density at radius 1 is 1.04 bits per heavy atom. The highest BCUT2D eigenvalue weighted by Crippen LogP contribution is 2.25. The van der Waals surface area contributed by atoms with Gasteiger partial charge in [0.15, 0.2) is 5.78 Å². The minimum atomic E-state index is -0.263. The van der Waals surface area contributed by atoms with Gasteiger partial charge in [0.2, 0.25) is 0 Å². The van der Waals surface area contributed by atoms with Crippen LogP contribution in [0.25, 0.3) is 0 Å². The highest BCUT2D eigenvalue weighted by molar-refractivity contribution is 6.42. The Morgan fingerprint density at radius 3 is 2.38 bits per heavy atom. The summed E-state index contributed by atoms with van der Waals surface area (Å²) < 4.78 is 0. The summed E-state index contributed by atoms with van der Waals surface area (Å²) in [6.45, 7) is 1.11. The number of hydrogen-bond donors (Lipinski definition) is 1. The van der Waals surface area contributed by atoms with Gasteiger partial charge in [-0.25, -0.2) is 0 Å². The summed E-state index contributed by atoms with van der Waals surface area (Å²) in [5, 5.41) is 0.681. The van der Waals surface area contributed by atoms with Crippen LogP contribution in [0.1, 0.15) is 32.7 Å². The number of ketones is 1. The molecule has 1 atom stereocenters. The van der Waals surface area contributed by atoms with Gasteiger partial charge in [-0.05, 0) is 30.7 Å². The molecule has 0 aliphatic carbocycles. The van der Waals surface area contributed by atoms with E-state index in [9.17, 15) is 9.59 Å². The lowest BCUT2D eigenvalue weighted by atomic mass is 9.97. The van der Waals surface area contributed by atoms with Gasteiger partial charge in [0.1, 0.15) is 0 Å². The molecule has 0 radical (unpaired) electrons. The molecule has 2 aromatic rings. The number of carbonyl (C=O) groups is 2. The zero-order valence-electron chi connectivity index (χ0n) is 12.8. The Hall–Kier alpha value is -1.88. The van der Waals surface area contributed by atoms with Crippen molar-refractivity contribution < 1.29 is 9.59 Å². The van der Waals surface area contributed by atoms with E-state index in [0.29, 0.717) is 39.8 Å². The number of likely N-dealkylation sites (tertiary alicyclic amines) is 1. The first-order chi connectivity index (χ1) is 11.5. The average Bonchev–Trinajstić information content (AvgIpc) is 3.02. The Kier molecular flexibility index (Phi) is 4.90. The number of amides is 1. The first kappa shape index (κ1) is 17.0. The summed E-state index contributed by atoms with van der Waals surface area (Å²) in [5.74, 6) is -0.437. The molecular formula is C18H16Cl2N2O2. The molecule has 0 unspecified atom stereocenters. The van der Waals surface area contributed by atoms with Gasteiger partial charge in [-0.2, -0.15) is 0 Å². The van der Waals surface area contributed by atoms with Crippen molar-refractivity contribution in [2.45, 2.75) is 12.5 Å². The molecule has 0 spiro atoms. The van der Waals surface area contributed by atoms with Crippen LogP contribution in [0.4, 0.5) is 0 Å². The van der Waals surface area contributed by atoms with Crippen molar-refractivity contribution in [3.63, 3.8) is 0 Å². The van der Waals surface area contributed by atoms with Crippen molar-refractivity contribution in [1.82, 2.24) is 4.90 Å². The summed E-state index contributed by atoms with van der Waals surface area (Å²) in [7, 11) is 0. The van der Waals surface area contributed by atoms with E-state index in [4.69, 9.17) is 28.9 Å². The van der Waals surface area contributed by atoms with Gasteiger partial charge in [0.05, 0.1) is 15.6 Å². The first-order valence-corrected chi connectivity index (χ1v) is 8.36. The second kappa shape index (κ2) is 6.93. The molecule has 2 aromatic carbocycles. The summed E-state index contributed by atoms with van der Waals surface area (Å²) in [5.41, 5.74) is 6.99. The number of nitrogens with two attached hydrogens (primary N) is 1. The summed E-state index contributed by atoms with van der Waals surface area (Å²) in [4.78, 5) is 27.2. The van der Waals surface area contributed by atoms with E-state index < -0.39 is 0 Å². The maximum absolute atomic E-state index is 12.8. The molecular weight excluding hydrogens is 347 g/mol. The number of rotatable bonds is 3. The molecule has 1 fully saturated rings. The number of carbonyl (C=O) groups excluding carboxylic acids is 2. The van der Waals surface area contributed by atoms with Crippen LogP contribution in [-0.2, 0) is 0 Å². The quantitative estimate of drug-likeness (QED) is 0.851. The molecule has 1 saturated heterocycles. The predicted octanol–water partition coefficient (Wildman–Crippen LogP) is 3.40. The third kappa shape index (κ3) is 3.31. The molecule has 6 heteroatoms. The predicted molar refractivity (Wildman–Crippen MR) is 94.8 cm³/mol. The van der Waals surface area contributed by atoms with Gasteiger partial charge < -0.3 is 10.6 Å². The topological polar surface area (TPSA) is 63.4 Å². The molecule has 0 bridgehead atoms. The molecule has 0 saturated carbocycles. The summed E-state index contributed by atoms with van der Waals surface area (Å²) >= 11 is 11.9. The van der Waals surface area contributed by atoms with E-state index in [0.717, 1.165) is 6.42 Å². The minimum Gasteiger partial charge on any atom is -0.337 e. The second-order valence-electron chi connectivity index (χ2n) is 5.80. The largest absolute Gasteiger partial charge is 0.337 e. The van der Waals surface area contributed by atoms with E-state index in [1.165, 1.54) is 6.07 Å². The fourth-order valence-electron chi connectivity index (χ4n) is 2.80. The van der Waals surface area contributed by atoms with E-state index >= 15 is 0 Å².